The maximum absolute atomic E-state index is 5.31. The Labute approximate surface area is 144 Å². The molecule has 2 heterocycles. The molecule has 1 aromatic heterocycles. The molecule has 24 heavy (non-hydrogen) atoms. The molecule has 6 heteroatoms. The topological polar surface area (TPSA) is 51.4 Å². The predicted molar refractivity (Wildman–Crippen MR) is 92.7 cm³/mol. The maximum Gasteiger partial charge on any atom is 0.228 e. The lowest BCUT2D eigenvalue weighted by Gasteiger charge is -2.32. The molecule has 5 nitrogen and oxygen atoms in total. The van der Waals surface area contributed by atoms with Crippen molar-refractivity contribution in [3.63, 3.8) is 0 Å². The number of methoxy groups -OCH3 is 1. The van der Waals surface area contributed by atoms with Crippen LogP contribution in [0.25, 0.3) is 0 Å². The van der Waals surface area contributed by atoms with Gasteiger partial charge in [-0.25, -0.2) is 0 Å². The summed E-state index contributed by atoms with van der Waals surface area (Å²) in [5, 5.41) is 3.92. The Hall–Kier alpha value is -2.31. The number of nitrogens with zero attached hydrogens (tertiary/aromatic N) is 3. The van der Waals surface area contributed by atoms with Gasteiger partial charge in [0, 0.05) is 29.9 Å². The van der Waals surface area contributed by atoms with E-state index in [1.165, 1.54) is 21.2 Å². The summed E-state index contributed by atoms with van der Waals surface area (Å²) in [6, 6.07) is 16.9. The Morgan fingerprint density at radius 2 is 1.71 bits per heavy atom. The number of rotatable bonds is 5. The molecule has 122 valence electrons. The zero-order valence-electron chi connectivity index (χ0n) is 13.3. The Morgan fingerprint density at radius 3 is 2.38 bits per heavy atom. The van der Waals surface area contributed by atoms with E-state index in [9.17, 15) is 0 Å². The van der Waals surface area contributed by atoms with Crippen LogP contribution in [0, 0.1) is 0 Å². The second-order valence-corrected chi connectivity index (χ2v) is 6.56. The molecule has 4 rings (SSSR count). The standard InChI is InChI=1S/C18H17N3O2S/c1-22-12-17-19-18(23-20-17)10-11-21-13-6-2-4-8-15(13)24-16-9-5-3-7-14(16)21/h2-9H,10-12H2,1H3. The quantitative estimate of drug-likeness (QED) is 0.699. The van der Waals surface area contributed by atoms with Gasteiger partial charge in [0.25, 0.3) is 0 Å². The highest BCUT2D eigenvalue weighted by Crippen LogP contribution is 2.47. The lowest BCUT2D eigenvalue weighted by molar-refractivity contribution is 0.174. The van der Waals surface area contributed by atoms with Gasteiger partial charge in [0.05, 0.1) is 11.4 Å². The van der Waals surface area contributed by atoms with Gasteiger partial charge in [0.1, 0.15) is 6.61 Å². The zero-order valence-corrected chi connectivity index (χ0v) is 14.1. The van der Waals surface area contributed by atoms with Crippen molar-refractivity contribution < 1.29 is 9.26 Å². The molecule has 0 radical (unpaired) electrons. The van der Waals surface area contributed by atoms with Crippen molar-refractivity contribution in [2.24, 2.45) is 0 Å². The lowest BCUT2D eigenvalue weighted by atomic mass is 10.2. The summed E-state index contributed by atoms with van der Waals surface area (Å²) in [7, 11) is 1.62. The van der Waals surface area contributed by atoms with Crippen LogP contribution in [-0.4, -0.2) is 23.8 Å². The predicted octanol–water partition coefficient (Wildman–Crippen LogP) is 4.06. The monoisotopic (exact) mass is 339 g/mol. The first-order valence-electron chi connectivity index (χ1n) is 7.79. The van der Waals surface area contributed by atoms with Crippen molar-refractivity contribution in [2.75, 3.05) is 18.6 Å². The molecule has 1 aliphatic heterocycles. The first-order valence-corrected chi connectivity index (χ1v) is 8.60. The van der Waals surface area contributed by atoms with Gasteiger partial charge in [-0.3, -0.25) is 0 Å². The molecule has 0 spiro atoms. The van der Waals surface area contributed by atoms with Gasteiger partial charge in [-0.05, 0) is 24.3 Å². The number of para-hydroxylation sites is 2. The third-order valence-electron chi connectivity index (χ3n) is 3.86. The van der Waals surface area contributed by atoms with Gasteiger partial charge in [-0.1, -0.05) is 41.2 Å². The highest BCUT2D eigenvalue weighted by atomic mass is 32.2. The zero-order chi connectivity index (χ0) is 16.4. The van der Waals surface area contributed by atoms with Crippen LogP contribution in [0.1, 0.15) is 11.7 Å². The summed E-state index contributed by atoms with van der Waals surface area (Å²) in [5.74, 6) is 1.22. The number of benzene rings is 2. The summed E-state index contributed by atoms with van der Waals surface area (Å²) in [4.78, 5) is 9.21. The number of hydrogen-bond donors (Lipinski definition) is 0. The molecule has 2 aromatic carbocycles. The highest BCUT2D eigenvalue weighted by Gasteiger charge is 2.23. The second kappa shape index (κ2) is 6.67. The van der Waals surface area contributed by atoms with Crippen LogP contribution < -0.4 is 4.90 Å². The largest absolute Gasteiger partial charge is 0.377 e. The Balaban J connectivity index is 1.60. The van der Waals surface area contributed by atoms with Gasteiger partial charge in [0.2, 0.25) is 5.89 Å². The maximum atomic E-state index is 5.31. The first kappa shape index (κ1) is 15.2. The van der Waals surface area contributed by atoms with E-state index >= 15 is 0 Å². The molecule has 0 saturated heterocycles. The molecule has 0 fully saturated rings. The summed E-state index contributed by atoms with van der Waals surface area (Å²) in [6.45, 7) is 1.15. The summed E-state index contributed by atoms with van der Waals surface area (Å²) < 4.78 is 10.3. The van der Waals surface area contributed by atoms with Gasteiger partial charge < -0.3 is 14.2 Å². The number of aromatic nitrogens is 2. The van der Waals surface area contributed by atoms with Crippen LogP contribution in [0.2, 0.25) is 0 Å². The van der Waals surface area contributed by atoms with E-state index in [-0.39, 0.29) is 0 Å². The Bertz CT molecular complexity index is 804. The Kier molecular flexibility index (Phi) is 4.23. The van der Waals surface area contributed by atoms with E-state index in [0.29, 0.717) is 24.7 Å². The van der Waals surface area contributed by atoms with E-state index in [0.717, 1.165) is 6.54 Å². The molecule has 3 aromatic rings. The van der Waals surface area contributed by atoms with E-state index in [1.54, 1.807) is 7.11 Å². The smallest absolute Gasteiger partial charge is 0.228 e. The minimum Gasteiger partial charge on any atom is -0.377 e. The fourth-order valence-electron chi connectivity index (χ4n) is 2.81. The average molecular weight is 339 g/mol. The van der Waals surface area contributed by atoms with E-state index < -0.39 is 0 Å². The van der Waals surface area contributed by atoms with Crippen molar-refractivity contribution in [1.82, 2.24) is 10.1 Å². The number of ether oxygens (including phenoxy) is 1. The fraction of sp³-hybridized carbons (Fsp3) is 0.222. The van der Waals surface area contributed by atoms with Crippen LogP contribution in [-0.2, 0) is 17.8 Å². The Morgan fingerprint density at radius 1 is 1.04 bits per heavy atom. The van der Waals surface area contributed by atoms with Crippen LogP contribution in [0.5, 0.6) is 0 Å². The van der Waals surface area contributed by atoms with E-state index in [4.69, 9.17) is 9.26 Å². The van der Waals surface area contributed by atoms with Crippen molar-refractivity contribution in [3.8, 4) is 0 Å². The third-order valence-corrected chi connectivity index (χ3v) is 5.00. The van der Waals surface area contributed by atoms with Crippen LogP contribution in [0.3, 0.4) is 0 Å². The van der Waals surface area contributed by atoms with Crippen molar-refractivity contribution >= 4 is 23.1 Å². The fourth-order valence-corrected chi connectivity index (χ4v) is 3.90. The summed E-state index contributed by atoms with van der Waals surface area (Å²) >= 11 is 1.81. The molecule has 0 unspecified atom stereocenters. The first-order chi connectivity index (χ1) is 11.8. The van der Waals surface area contributed by atoms with Crippen molar-refractivity contribution in [2.45, 2.75) is 22.8 Å². The summed E-state index contributed by atoms with van der Waals surface area (Å²) in [5.41, 5.74) is 2.44. The van der Waals surface area contributed by atoms with Crippen LogP contribution in [0.4, 0.5) is 11.4 Å². The summed E-state index contributed by atoms with van der Waals surface area (Å²) in [6.07, 6.45) is 0.685. The van der Waals surface area contributed by atoms with Gasteiger partial charge in [-0.2, -0.15) is 4.98 Å². The lowest BCUT2D eigenvalue weighted by Crippen LogP contribution is -2.23. The van der Waals surface area contributed by atoms with E-state index in [1.807, 2.05) is 11.8 Å². The van der Waals surface area contributed by atoms with Crippen LogP contribution >= 0.6 is 11.8 Å². The van der Waals surface area contributed by atoms with E-state index in [2.05, 4.69) is 63.6 Å². The minimum absolute atomic E-state index is 0.371. The molecule has 0 amide bonds. The van der Waals surface area contributed by atoms with Gasteiger partial charge in [0.15, 0.2) is 5.82 Å². The molecule has 0 aliphatic carbocycles. The number of anilines is 2. The molecular weight excluding hydrogens is 322 g/mol. The molecule has 1 aliphatic rings. The second-order valence-electron chi connectivity index (χ2n) is 5.48. The molecule has 0 atom stereocenters. The van der Waals surface area contributed by atoms with Gasteiger partial charge >= 0.3 is 0 Å². The molecule has 0 saturated carbocycles. The van der Waals surface area contributed by atoms with Crippen LogP contribution in [0.15, 0.2) is 62.8 Å². The molecular formula is C18H17N3O2S. The molecule has 0 bridgehead atoms. The highest BCUT2D eigenvalue weighted by molar-refractivity contribution is 7.99. The SMILES string of the molecule is COCc1noc(CCN2c3ccccc3Sc3ccccc32)n1. The average Bonchev–Trinajstić information content (AvgIpc) is 3.06. The molecule has 0 N–H and O–H groups in total. The van der Waals surface area contributed by atoms with Crippen molar-refractivity contribution in [3.05, 3.63) is 60.2 Å². The van der Waals surface area contributed by atoms with Gasteiger partial charge in [-0.15, -0.1) is 0 Å². The number of fused-ring (bicyclic) bond motifs is 2. The number of hydrogen-bond acceptors (Lipinski definition) is 6. The minimum atomic E-state index is 0.371. The van der Waals surface area contributed by atoms with Crippen molar-refractivity contribution in [1.29, 1.82) is 0 Å². The normalized spacial score (nSPS) is 12.8. The third kappa shape index (κ3) is 2.90.